The van der Waals surface area contributed by atoms with Crippen LogP contribution in [-0.4, -0.2) is 11.1 Å². The first-order valence-corrected chi connectivity index (χ1v) is 6.97. The molecule has 3 rings (SSSR count). The molecule has 1 aromatic heterocycles. The summed E-state index contributed by atoms with van der Waals surface area (Å²) in [5, 5.41) is 11.0. The predicted octanol–water partition coefficient (Wildman–Crippen LogP) is 5.03. The molecule has 0 atom stereocenters. The Morgan fingerprint density at radius 2 is 1.90 bits per heavy atom. The van der Waals surface area contributed by atoms with E-state index >= 15 is 0 Å². The average Bonchev–Trinajstić information content (AvgIpc) is 2.84. The average molecular weight is 321 g/mol. The fraction of sp³-hybridized carbons (Fsp3) is 0.0625. The lowest BCUT2D eigenvalue weighted by molar-refractivity contribution is 0.0697. The molecule has 106 valence electrons. The fourth-order valence-corrected chi connectivity index (χ4v) is 2.70. The lowest BCUT2D eigenvalue weighted by Crippen LogP contribution is -1.95. The van der Waals surface area contributed by atoms with Gasteiger partial charge in [0, 0.05) is 27.4 Å². The molecule has 2 aromatic carbocycles. The summed E-state index contributed by atoms with van der Waals surface area (Å²) in [4.78, 5) is 11.1. The van der Waals surface area contributed by atoms with Crippen molar-refractivity contribution in [2.24, 2.45) is 0 Å². The molecule has 5 heteroatoms. The quantitative estimate of drug-likeness (QED) is 0.736. The van der Waals surface area contributed by atoms with Crippen molar-refractivity contribution in [1.82, 2.24) is 0 Å². The van der Waals surface area contributed by atoms with Gasteiger partial charge in [0.25, 0.3) is 0 Å². The molecule has 0 bridgehead atoms. The van der Waals surface area contributed by atoms with E-state index in [0.29, 0.717) is 22.0 Å². The van der Waals surface area contributed by atoms with Gasteiger partial charge in [-0.3, -0.25) is 0 Å². The Morgan fingerprint density at radius 1 is 1.10 bits per heavy atom. The molecule has 0 unspecified atom stereocenters. The molecule has 3 nitrogen and oxygen atoms in total. The molecule has 0 fully saturated rings. The second kappa shape index (κ2) is 5.43. The molecular weight excluding hydrogens is 311 g/mol. The topological polar surface area (TPSA) is 50.4 Å². The van der Waals surface area contributed by atoms with Crippen molar-refractivity contribution in [3.8, 4) is 0 Å². The summed E-state index contributed by atoms with van der Waals surface area (Å²) < 4.78 is 5.46. The number of halogens is 2. The minimum absolute atomic E-state index is 0.229. The zero-order chi connectivity index (χ0) is 15.0. The highest BCUT2D eigenvalue weighted by atomic mass is 35.5. The summed E-state index contributed by atoms with van der Waals surface area (Å²) in [7, 11) is 0. The molecule has 0 saturated carbocycles. The molecular formula is C16H10Cl2O3. The Balaban J connectivity index is 2.04. The molecule has 1 N–H and O–H groups in total. The van der Waals surface area contributed by atoms with E-state index in [-0.39, 0.29) is 5.56 Å². The van der Waals surface area contributed by atoms with Gasteiger partial charge in [0.15, 0.2) is 0 Å². The van der Waals surface area contributed by atoms with Gasteiger partial charge in [-0.15, -0.1) is 0 Å². The Kier molecular flexibility index (Phi) is 3.62. The third-order valence-corrected chi connectivity index (χ3v) is 3.88. The number of hydrogen-bond donors (Lipinski definition) is 1. The van der Waals surface area contributed by atoms with Gasteiger partial charge in [0.2, 0.25) is 0 Å². The Bertz CT molecular complexity index is 837. The van der Waals surface area contributed by atoms with Crippen LogP contribution in [0.15, 0.2) is 47.1 Å². The SMILES string of the molecule is O=C(O)c1ccc2occ(Cc3ccc(Cl)cc3Cl)c2c1. The van der Waals surface area contributed by atoms with Crippen LogP contribution in [0.4, 0.5) is 0 Å². The molecule has 0 aliphatic rings. The number of carboxylic acids is 1. The van der Waals surface area contributed by atoms with Crippen LogP contribution in [0.5, 0.6) is 0 Å². The first-order valence-electron chi connectivity index (χ1n) is 6.22. The number of hydrogen-bond acceptors (Lipinski definition) is 2. The van der Waals surface area contributed by atoms with Crippen molar-refractivity contribution in [1.29, 1.82) is 0 Å². The van der Waals surface area contributed by atoms with Crippen LogP contribution >= 0.6 is 23.2 Å². The zero-order valence-corrected chi connectivity index (χ0v) is 12.3. The fourth-order valence-electron chi connectivity index (χ4n) is 2.22. The van der Waals surface area contributed by atoms with Gasteiger partial charge < -0.3 is 9.52 Å². The van der Waals surface area contributed by atoms with Crippen LogP contribution in [0.1, 0.15) is 21.5 Å². The Labute approximate surface area is 130 Å². The molecule has 21 heavy (non-hydrogen) atoms. The maximum atomic E-state index is 11.1. The number of rotatable bonds is 3. The summed E-state index contributed by atoms with van der Waals surface area (Å²) >= 11 is 12.1. The van der Waals surface area contributed by atoms with Gasteiger partial charge in [0.05, 0.1) is 11.8 Å². The smallest absolute Gasteiger partial charge is 0.335 e. The van der Waals surface area contributed by atoms with Crippen molar-refractivity contribution >= 4 is 40.1 Å². The van der Waals surface area contributed by atoms with Crippen molar-refractivity contribution in [2.45, 2.75) is 6.42 Å². The molecule has 0 aliphatic carbocycles. The van der Waals surface area contributed by atoms with Crippen LogP contribution in [0.3, 0.4) is 0 Å². The van der Waals surface area contributed by atoms with E-state index in [9.17, 15) is 4.79 Å². The summed E-state index contributed by atoms with van der Waals surface area (Å²) in [6, 6.07) is 10.1. The zero-order valence-electron chi connectivity index (χ0n) is 10.8. The number of fused-ring (bicyclic) bond motifs is 1. The predicted molar refractivity (Wildman–Crippen MR) is 82.4 cm³/mol. The van der Waals surface area contributed by atoms with Crippen LogP contribution in [0, 0.1) is 0 Å². The van der Waals surface area contributed by atoms with Crippen molar-refractivity contribution in [3.63, 3.8) is 0 Å². The van der Waals surface area contributed by atoms with E-state index in [0.717, 1.165) is 16.5 Å². The van der Waals surface area contributed by atoms with Gasteiger partial charge in [-0.1, -0.05) is 29.3 Å². The molecule has 1 heterocycles. The molecule has 0 radical (unpaired) electrons. The van der Waals surface area contributed by atoms with Gasteiger partial charge in [-0.2, -0.15) is 0 Å². The third kappa shape index (κ3) is 2.75. The highest BCUT2D eigenvalue weighted by Crippen LogP contribution is 2.28. The highest BCUT2D eigenvalue weighted by molar-refractivity contribution is 6.35. The highest BCUT2D eigenvalue weighted by Gasteiger charge is 2.12. The normalized spacial score (nSPS) is 11.0. The lowest BCUT2D eigenvalue weighted by Gasteiger charge is -2.04. The van der Waals surface area contributed by atoms with E-state index in [1.54, 1.807) is 30.5 Å². The Hall–Kier alpha value is -1.97. The van der Waals surface area contributed by atoms with Crippen molar-refractivity contribution in [2.75, 3.05) is 0 Å². The standard InChI is InChI=1S/C16H10Cl2O3/c17-12-3-1-9(14(18)7-12)5-11-8-21-15-4-2-10(16(19)20)6-13(11)15/h1-4,6-8H,5H2,(H,19,20). The largest absolute Gasteiger partial charge is 0.478 e. The van der Waals surface area contributed by atoms with Crippen LogP contribution in [0.2, 0.25) is 10.0 Å². The minimum Gasteiger partial charge on any atom is -0.478 e. The monoisotopic (exact) mass is 320 g/mol. The molecule has 0 spiro atoms. The van der Waals surface area contributed by atoms with Crippen LogP contribution in [-0.2, 0) is 6.42 Å². The van der Waals surface area contributed by atoms with E-state index in [2.05, 4.69) is 0 Å². The number of aromatic carboxylic acids is 1. The maximum absolute atomic E-state index is 11.1. The number of furan rings is 1. The second-order valence-corrected chi connectivity index (χ2v) is 5.53. The first kappa shape index (κ1) is 14.0. The number of carbonyl (C=O) groups is 1. The molecule has 0 amide bonds. The van der Waals surface area contributed by atoms with Gasteiger partial charge in [-0.25, -0.2) is 4.79 Å². The van der Waals surface area contributed by atoms with Gasteiger partial charge in [0.1, 0.15) is 5.58 Å². The van der Waals surface area contributed by atoms with Gasteiger partial charge in [-0.05, 0) is 35.9 Å². The summed E-state index contributed by atoms with van der Waals surface area (Å²) in [6.07, 6.45) is 2.17. The molecule has 0 aliphatic heterocycles. The number of benzene rings is 2. The lowest BCUT2D eigenvalue weighted by atomic mass is 10.0. The second-order valence-electron chi connectivity index (χ2n) is 4.69. The van der Waals surface area contributed by atoms with E-state index in [1.807, 2.05) is 6.07 Å². The number of carboxylic acid groups (broad SMARTS) is 1. The summed E-state index contributed by atoms with van der Waals surface area (Å²) in [6.45, 7) is 0. The van der Waals surface area contributed by atoms with Crippen molar-refractivity contribution in [3.05, 3.63) is 69.4 Å². The molecule has 0 saturated heterocycles. The van der Waals surface area contributed by atoms with Crippen LogP contribution < -0.4 is 0 Å². The van der Waals surface area contributed by atoms with Crippen LogP contribution in [0.25, 0.3) is 11.0 Å². The van der Waals surface area contributed by atoms with E-state index in [4.69, 9.17) is 32.7 Å². The Morgan fingerprint density at radius 3 is 2.62 bits per heavy atom. The van der Waals surface area contributed by atoms with E-state index < -0.39 is 5.97 Å². The molecule has 3 aromatic rings. The summed E-state index contributed by atoms with van der Waals surface area (Å²) in [5.41, 5.74) is 2.68. The first-order chi connectivity index (χ1) is 10.0. The van der Waals surface area contributed by atoms with Gasteiger partial charge >= 0.3 is 5.97 Å². The third-order valence-electron chi connectivity index (χ3n) is 3.30. The van der Waals surface area contributed by atoms with E-state index in [1.165, 1.54) is 6.07 Å². The minimum atomic E-state index is -0.964. The van der Waals surface area contributed by atoms with Crippen molar-refractivity contribution < 1.29 is 14.3 Å². The maximum Gasteiger partial charge on any atom is 0.335 e. The summed E-state index contributed by atoms with van der Waals surface area (Å²) in [5.74, 6) is -0.964.